The molecule has 24 heavy (non-hydrogen) atoms. The number of nitrogens with zero attached hydrogens (tertiary/aromatic N) is 1. The fourth-order valence-electron chi connectivity index (χ4n) is 2.16. The first-order valence-corrected chi connectivity index (χ1v) is 8.09. The van der Waals surface area contributed by atoms with E-state index in [2.05, 4.69) is 10.3 Å². The average molecular weight is 342 g/mol. The molecule has 0 radical (unpaired) electrons. The summed E-state index contributed by atoms with van der Waals surface area (Å²) >= 11 is 1.55. The molecule has 3 aromatic rings. The van der Waals surface area contributed by atoms with Crippen molar-refractivity contribution in [1.82, 2.24) is 4.98 Å². The molecular weight excluding hydrogens is 328 g/mol. The van der Waals surface area contributed by atoms with Crippen molar-refractivity contribution in [2.45, 2.75) is 13.3 Å². The van der Waals surface area contributed by atoms with E-state index in [0.717, 1.165) is 5.56 Å². The zero-order chi connectivity index (χ0) is 17.1. The van der Waals surface area contributed by atoms with Gasteiger partial charge in [-0.2, -0.15) is 11.3 Å². The zero-order valence-electron chi connectivity index (χ0n) is 12.8. The summed E-state index contributed by atoms with van der Waals surface area (Å²) in [5.74, 6) is -0.145. The molecule has 0 saturated carbocycles. The van der Waals surface area contributed by atoms with Crippen molar-refractivity contribution < 1.29 is 19.1 Å². The molecule has 2 heterocycles. The number of aromatic nitrogens is 1. The quantitative estimate of drug-likeness (QED) is 0.739. The monoisotopic (exact) mass is 342 g/mol. The zero-order valence-corrected chi connectivity index (χ0v) is 13.6. The molecule has 0 fully saturated rings. The van der Waals surface area contributed by atoms with Crippen LogP contribution in [0.1, 0.15) is 21.8 Å². The SMILES string of the molecule is Cc1oc(-c2ccsc2)nc1CC(=O)Nc1ccc(C(=O)O)cc1. The van der Waals surface area contributed by atoms with Crippen molar-refractivity contribution in [3.05, 3.63) is 58.1 Å². The third-order valence-corrected chi connectivity index (χ3v) is 4.09. The van der Waals surface area contributed by atoms with Crippen molar-refractivity contribution in [2.75, 3.05) is 5.32 Å². The summed E-state index contributed by atoms with van der Waals surface area (Å²) in [6.07, 6.45) is 0.0835. The van der Waals surface area contributed by atoms with Gasteiger partial charge in [-0.25, -0.2) is 9.78 Å². The summed E-state index contributed by atoms with van der Waals surface area (Å²) in [7, 11) is 0. The van der Waals surface area contributed by atoms with Crippen LogP contribution >= 0.6 is 11.3 Å². The number of aryl methyl sites for hydroxylation is 1. The Morgan fingerprint density at radius 1 is 1.25 bits per heavy atom. The molecule has 6 nitrogen and oxygen atoms in total. The molecule has 1 amide bonds. The van der Waals surface area contributed by atoms with Crippen molar-refractivity contribution in [3.8, 4) is 11.5 Å². The highest BCUT2D eigenvalue weighted by molar-refractivity contribution is 7.08. The number of carboxylic acids is 1. The van der Waals surface area contributed by atoms with E-state index in [1.54, 1.807) is 30.4 Å². The molecule has 0 unspecified atom stereocenters. The molecule has 0 spiro atoms. The summed E-state index contributed by atoms with van der Waals surface area (Å²) in [6, 6.07) is 7.88. The van der Waals surface area contributed by atoms with Gasteiger partial charge in [-0.1, -0.05) is 0 Å². The van der Waals surface area contributed by atoms with Gasteiger partial charge < -0.3 is 14.8 Å². The number of thiophene rings is 1. The van der Waals surface area contributed by atoms with E-state index in [4.69, 9.17) is 9.52 Å². The van der Waals surface area contributed by atoms with E-state index < -0.39 is 5.97 Å². The van der Waals surface area contributed by atoms with E-state index in [9.17, 15) is 9.59 Å². The third-order valence-electron chi connectivity index (χ3n) is 3.40. The first-order chi connectivity index (χ1) is 11.5. The number of benzene rings is 1. The van der Waals surface area contributed by atoms with Crippen LogP contribution in [0.15, 0.2) is 45.5 Å². The lowest BCUT2D eigenvalue weighted by Gasteiger charge is -2.04. The van der Waals surface area contributed by atoms with Crippen LogP contribution in [0.2, 0.25) is 0 Å². The summed E-state index contributed by atoms with van der Waals surface area (Å²) in [6.45, 7) is 1.77. The fourth-order valence-corrected chi connectivity index (χ4v) is 2.78. The molecule has 1 aromatic carbocycles. The van der Waals surface area contributed by atoms with Gasteiger partial charge >= 0.3 is 5.97 Å². The molecule has 0 atom stereocenters. The number of nitrogens with one attached hydrogen (secondary N) is 1. The fraction of sp³-hybridized carbons (Fsp3) is 0.118. The number of hydrogen-bond acceptors (Lipinski definition) is 5. The summed E-state index contributed by atoms with van der Waals surface area (Å²) < 4.78 is 5.60. The Labute approximate surface area is 141 Å². The number of hydrogen-bond donors (Lipinski definition) is 2. The Morgan fingerprint density at radius 2 is 2.00 bits per heavy atom. The Bertz CT molecular complexity index is 867. The van der Waals surface area contributed by atoms with Crippen molar-refractivity contribution >= 4 is 28.9 Å². The number of anilines is 1. The van der Waals surface area contributed by atoms with Crippen molar-refractivity contribution in [1.29, 1.82) is 0 Å². The van der Waals surface area contributed by atoms with E-state index in [1.807, 2.05) is 16.8 Å². The maximum Gasteiger partial charge on any atom is 0.335 e. The van der Waals surface area contributed by atoms with E-state index in [-0.39, 0.29) is 17.9 Å². The predicted molar refractivity (Wildman–Crippen MR) is 90.3 cm³/mol. The molecule has 0 saturated heterocycles. The van der Waals surface area contributed by atoms with Crippen LogP contribution < -0.4 is 5.32 Å². The Kier molecular flexibility index (Phi) is 4.43. The topological polar surface area (TPSA) is 92.4 Å². The molecule has 7 heteroatoms. The minimum atomic E-state index is -1.01. The largest absolute Gasteiger partial charge is 0.478 e. The van der Waals surface area contributed by atoms with E-state index in [1.165, 1.54) is 12.1 Å². The lowest BCUT2D eigenvalue weighted by atomic mass is 10.2. The standard InChI is InChI=1S/C17H14N2O4S/c1-10-14(19-16(23-10)12-6-7-24-9-12)8-15(20)18-13-4-2-11(3-5-13)17(21)22/h2-7,9H,8H2,1H3,(H,18,20)(H,21,22). The number of rotatable bonds is 5. The molecule has 2 aromatic heterocycles. The highest BCUT2D eigenvalue weighted by Gasteiger charge is 2.15. The third kappa shape index (κ3) is 3.52. The average Bonchev–Trinajstić information content (AvgIpc) is 3.18. The van der Waals surface area contributed by atoms with Gasteiger partial charge in [0.25, 0.3) is 0 Å². The minimum absolute atomic E-state index is 0.0835. The van der Waals surface area contributed by atoms with Crippen LogP contribution in [0, 0.1) is 6.92 Å². The molecule has 122 valence electrons. The Hall–Kier alpha value is -2.93. The van der Waals surface area contributed by atoms with Gasteiger partial charge in [0.05, 0.1) is 17.7 Å². The minimum Gasteiger partial charge on any atom is -0.478 e. The van der Waals surface area contributed by atoms with Gasteiger partial charge in [0, 0.05) is 16.6 Å². The van der Waals surface area contributed by atoms with Gasteiger partial charge in [-0.05, 0) is 42.6 Å². The number of carboxylic acid groups (broad SMARTS) is 1. The molecule has 0 bridgehead atoms. The van der Waals surface area contributed by atoms with Crippen molar-refractivity contribution in [2.24, 2.45) is 0 Å². The number of oxazole rings is 1. The second kappa shape index (κ2) is 6.67. The Morgan fingerprint density at radius 3 is 2.62 bits per heavy atom. The van der Waals surface area contributed by atoms with Gasteiger partial charge in [-0.15, -0.1) is 0 Å². The lowest BCUT2D eigenvalue weighted by molar-refractivity contribution is -0.115. The van der Waals surface area contributed by atoms with Crippen LogP contribution in [0.3, 0.4) is 0 Å². The Balaban J connectivity index is 1.67. The summed E-state index contributed by atoms with van der Waals surface area (Å²) in [4.78, 5) is 27.3. The number of carbonyl (C=O) groups is 2. The number of carbonyl (C=O) groups excluding carboxylic acids is 1. The highest BCUT2D eigenvalue weighted by Crippen LogP contribution is 2.24. The molecule has 0 aliphatic rings. The maximum atomic E-state index is 12.1. The van der Waals surface area contributed by atoms with Crippen LogP contribution in [0.25, 0.3) is 11.5 Å². The van der Waals surface area contributed by atoms with Crippen LogP contribution in [0.5, 0.6) is 0 Å². The van der Waals surface area contributed by atoms with Gasteiger partial charge in [-0.3, -0.25) is 4.79 Å². The summed E-state index contributed by atoms with van der Waals surface area (Å²) in [5, 5.41) is 15.4. The molecular formula is C17H14N2O4S. The second-order valence-electron chi connectivity index (χ2n) is 5.14. The van der Waals surface area contributed by atoms with E-state index in [0.29, 0.717) is 23.0 Å². The molecule has 3 rings (SSSR count). The van der Waals surface area contributed by atoms with Crippen molar-refractivity contribution in [3.63, 3.8) is 0 Å². The van der Waals surface area contributed by atoms with Crippen LogP contribution in [-0.4, -0.2) is 22.0 Å². The maximum absolute atomic E-state index is 12.1. The lowest BCUT2D eigenvalue weighted by Crippen LogP contribution is -2.15. The molecule has 2 N–H and O–H groups in total. The number of aromatic carboxylic acids is 1. The smallest absolute Gasteiger partial charge is 0.335 e. The predicted octanol–water partition coefficient (Wildman–Crippen LogP) is 3.59. The normalized spacial score (nSPS) is 10.5. The second-order valence-corrected chi connectivity index (χ2v) is 5.92. The molecule has 0 aliphatic carbocycles. The van der Waals surface area contributed by atoms with E-state index >= 15 is 0 Å². The van der Waals surface area contributed by atoms with Gasteiger partial charge in [0.1, 0.15) is 5.76 Å². The van der Waals surface area contributed by atoms with Crippen LogP contribution in [-0.2, 0) is 11.2 Å². The van der Waals surface area contributed by atoms with Gasteiger partial charge in [0.15, 0.2) is 0 Å². The molecule has 0 aliphatic heterocycles. The summed E-state index contributed by atoms with van der Waals surface area (Å²) in [5.41, 5.74) is 2.17. The number of amides is 1. The first kappa shape index (κ1) is 15.9. The van der Waals surface area contributed by atoms with Gasteiger partial charge in [0.2, 0.25) is 11.8 Å². The first-order valence-electron chi connectivity index (χ1n) is 7.15. The van der Waals surface area contributed by atoms with Crippen LogP contribution in [0.4, 0.5) is 5.69 Å². The highest BCUT2D eigenvalue weighted by atomic mass is 32.1.